The van der Waals surface area contributed by atoms with Crippen molar-refractivity contribution in [3.63, 3.8) is 0 Å². The maximum absolute atomic E-state index is 10.5. The van der Waals surface area contributed by atoms with E-state index in [-0.39, 0.29) is 24.1 Å². The number of aromatic amines is 1. The van der Waals surface area contributed by atoms with Crippen LogP contribution in [-0.2, 0) is 18.6 Å². The van der Waals surface area contributed by atoms with Crippen LogP contribution in [-0.4, -0.2) is 9.97 Å². The molecule has 3 nitrogen and oxygen atoms in total. The van der Waals surface area contributed by atoms with Gasteiger partial charge in [0.15, 0.2) is 0 Å². The Labute approximate surface area is 64.4 Å². The van der Waals surface area contributed by atoms with Crippen LogP contribution < -0.4 is 5.56 Å². The summed E-state index contributed by atoms with van der Waals surface area (Å²) in [5.74, 6) is 0. The molecule has 1 aromatic rings. The molecule has 0 aliphatic heterocycles. The van der Waals surface area contributed by atoms with E-state index in [1.54, 1.807) is 6.92 Å². The molecule has 0 bridgehead atoms. The van der Waals surface area contributed by atoms with Crippen LogP contribution in [0.5, 0.6) is 0 Å². The van der Waals surface area contributed by atoms with Gasteiger partial charge >= 0.3 is 0 Å². The number of H-pyrrole nitrogens is 1. The summed E-state index contributed by atoms with van der Waals surface area (Å²) in [7, 11) is 0. The Kier molecular flexibility index (Phi) is 3.28. The minimum Gasteiger partial charge on any atom is -0.490 e. The van der Waals surface area contributed by atoms with Crippen LogP contribution in [0.2, 0.25) is 0 Å². The topological polar surface area (TPSA) is 45.8 Å². The van der Waals surface area contributed by atoms with Crippen molar-refractivity contribution >= 4 is 0 Å². The van der Waals surface area contributed by atoms with Crippen molar-refractivity contribution in [3.05, 3.63) is 28.4 Å². The van der Waals surface area contributed by atoms with E-state index in [0.717, 1.165) is 0 Å². The van der Waals surface area contributed by atoms with Gasteiger partial charge < -0.3 is 9.78 Å². The van der Waals surface area contributed by atoms with Crippen molar-refractivity contribution < 1.29 is 18.6 Å². The first-order valence-electron chi connectivity index (χ1n) is 2.22. The van der Waals surface area contributed by atoms with Crippen molar-refractivity contribution in [1.29, 1.82) is 0 Å². The van der Waals surface area contributed by atoms with Gasteiger partial charge in [-0.05, 0) is 13.1 Å². The molecule has 0 saturated carbocycles. The van der Waals surface area contributed by atoms with Crippen molar-refractivity contribution in [2.24, 2.45) is 0 Å². The number of nitrogens with zero attached hydrogens (tertiary/aromatic N) is 1. The number of hydrogen-bond donors (Lipinski definition) is 1. The zero-order valence-electron chi connectivity index (χ0n) is 4.88. The second-order valence-electron chi connectivity index (χ2n) is 1.44. The molecule has 0 aliphatic rings. The van der Waals surface area contributed by atoms with Gasteiger partial charge in [-0.3, -0.25) is 4.98 Å². The van der Waals surface area contributed by atoms with E-state index in [1.165, 1.54) is 6.20 Å². The third-order valence-corrected chi connectivity index (χ3v) is 0.837. The summed E-state index contributed by atoms with van der Waals surface area (Å²) in [6.45, 7) is 1.65. The minimum absolute atomic E-state index is 0. The summed E-state index contributed by atoms with van der Waals surface area (Å²) in [5.41, 5.74) is 0.302. The second kappa shape index (κ2) is 3.48. The van der Waals surface area contributed by atoms with E-state index in [2.05, 4.69) is 16.2 Å². The van der Waals surface area contributed by atoms with Crippen LogP contribution in [0.25, 0.3) is 0 Å². The van der Waals surface area contributed by atoms with Crippen molar-refractivity contribution in [3.8, 4) is 0 Å². The van der Waals surface area contributed by atoms with Crippen LogP contribution in [0.15, 0.2) is 11.0 Å². The maximum atomic E-state index is 10.5. The molecule has 0 spiro atoms. The van der Waals surface area contributed by atoms with Gasteiger partial charge in [0.25, 0.3) is 0 Å². The van der Waals surface area contributed by atoms with Crippen LogP contribution in [0, 0.1) is 13.1 Å². The standard InChI is InChI=1S/C5H5N2O.V/c1-4-5(8)7-3-2-6-4;/h2H,1H3,(H,7,8);/q-1;. The smallest absolute Gasteiger partial charge is 0.111 e. The summed E-state index contributed by atoms with van der Waals surface area (Å²) >= 11 is 0. The van der Waals surface area contributed by atoms with Crippen molar-refractivity contribution in [1.82, 2.24) is 9.97 Å². The monoisotopic (exact) mass is 160 g/mol. The Hall–Kier alpha value is -0.536. The summed E-state index contributed by atoms with van der Waals surface area (Å²) in [5, 5.41) is 0. The molecular weight excluding hydrogens is 155 g/mol. The van der Waals surface area contributed by atoms with Gasteiger partial charge in [-0.2, -0.15) is 6.20 Å². The molecule has 0 atom stereocenters. The summed E-state index contributed by atoms with van der Waals surface area (Å²) < 4.78 is 0. The molecule has 0 amide bonds. The summed E-state index contributed by atoms with van der Waals surface area (Å²) in [6.07, 6.45) is 3.88. The fourth-order valence-corrected chi connectivity index (χ4v) is 0.376. The number of hydrogen-bond acceptors (Lipinski definition) is 2. The normalized spacial score (nSPS) is 8.11. The number of aryl methyl sites for hydroxylation is 1. The van der Waals surface area contributed by atoms with Crippen LogP contribution >= 0.6 is 0 Å². The number of aromatic nitrogens is 2. The predicted octanol–water partition coefficient (Wildman–Crippen LogP) is -0.124. The average molecular weight is 160 g/mol. The first-order chi connectivity index (χ1) is 3.80. The van der Waals surface area contributed by atoms with Crippen LogP contribution in [0.1, 0.15) is 5.69 Å². The molecule has 1 aromatic heterocycles. The predicted molar refractivity (Wildman–Crippen MR) is 28.4 cm³/mol. The van der Waals surface area contributed by atoms with Gasteiger partial charge in [-0.15, -0.1) is 0 Å². The number of rotatable bonds is 0. The number of nitrogens with one attached hydrogen (secondary N) is 1. The summed E-state index contributed by atoms with van der Waals surface area (Å²) in [6, 6.07) is 0. The van der Waals surface area contributed by atoms with E-state index in [1.807, 2.05) is 0 Å². The van der Waals surface area contributed by atoms with Gasteiger partial charge in [-0.1, -0.05) is 0 Å². The Morgan fingerprint density at radius 2 is 2.44 bits per heavy atom. The van der Waals surface area contributed by atoms with Gasteiger partial charge in [0.1, 0.15) is 5.56 Å². The third kappa shape index (κ3) is 2.04. The van der Waals surface area contributed by atoms with Gasteiger partial charge in [-0.25, -0.2) is 0 Å². The zero-order chi connectivity index (χ0) is 5.98. The fraction of sp³-hybridized carbons (Fsp3) is 0.200. The van der Waals surface area contributed by atoms with Crippen molar-refractivity contribution in [2.45, 2.75) is 6.92 Å². The molecule has 1 radical (unpaired) electrons. The third-order valence-electron chi connectivity index (χ3n) is 0.837. The van der Waals surface area contributed by atoms with Crippen LogP contribution in [0.4, 0.5) is 0 Å². The minimum atomic E-state index is -0.174. The average Bonchev–Trinajstić information content (AvgIpc) is 1.77. The first-order valence-corrected chi connectivity index (χ1v) is 2.22. The zero-order valence-corrected chi connectivity index (χ0v) is 6.28. The SMILES string of the molecule is Cc1nc[c-][nH]c1=O.[V]. The van der Waals surface area contributed by atoms with Gasteiger partial charge in [0.2, 0.25) is 0 Å². The fourth-order valence-electron chi connectivity index (χ4n) is 0.376. The van der Waals surface area contributed by atoms with E-state index >= 15 is 0 Å². The quantitative estimate of drug-likeness (QED) is 0.537. The molecule has 0 aliphatic carbocycles. The van der Waals surface area contributed by atoms with Crippen LogP contribution in [0.3, 0.4) is 0 Å². The molecule has 47 valence electrons. The molecule has 0 fully saturated rings. The van der Waals surface area contributed by atoms with E-state index in [0.29, 0.717) is 5.69 Å². The molecule has 4 heteroatoms. The molecule has 1 N–H and O–H groups in total. The van der Waals surface area contributed by atoms with E-state index in [9.17, 15) is 4.79 Å². The molecule has 0 saturated heterocycles. The molecular formula is C5H5N2OV-. The molecule has 9 heavy (non-hydrogen) atoms. The largest absolute Gasteiger partial charge is 0.490 e. The second-order valence-corrected chi connectivity index (χ2v) is 1.44. The Balaban J connectivity index is 0.000000640. The van der Waals surface area contributed by atoms with Crippen molar-refractivity contribution in [2.75, 3.05) is 0 Å². The molecule has 0 aromatic carbocycles. The first kappa shape index (κ1) is 8.46. The van der Waals surface area contributed by atoms with E-state index < -0.39 is 0 Å². The van der Waals surface area contributed by atoms with Gasteiger partial charge in [0, 0.05) is 24.2 Å². The van der Waals surface area contributed by atoms with E-state index in [4.69, 9.17) is 0 Å². The molecule has 1 rings (SSSR count). The Morgan fingerprint density at radius 3 is 2.78 bits per heavy atom. The molecule has 1 heterocycles. The van der Waals surface area contributed by atoms with Gasteiger partial charge in [0.05, 0.1) is 0 Å². The Bertz CT molecular complexity index is 232. The Morgan fingerprint density at radius 1 is 1.78 bits per heavy atom. The maximum Gasteiger partial charge on any atom is 0.111 e. The molecule has 0 unspecified atom stereocenters. The summed E-state index contributed by atoms with van der Waals surface area (Å²) in [4.78, 5) is 16.5.